The molecule has 0 bridgehead atoms. The quantitative estimate of drug-likeness (QED) is 0.777. The van der Waals surface area contributed by atoms with Crippen LogP contribution >= 0.6 is 0 Å². The lowest BCUT2D eigenvalue weighted by Gasteiger charge is -2.36. The van der Waals surface area contributed by atoms with Crippen LogP contribution in [0.1, 0.15) is 24.2 Å². The minimum absolute atomic E-state index is 0.142. The lowest BCUT2D eigenvalue weighted by molar-refractivity contribution is 0.0971. The third kappa shape index (κ3) is 4.72. The van der Waals surface area contributed by atoms with Gasteiger partial charge in [-0.25, -0.2) is 0 Å². The van der Waals surface area contributed by atoms with Gasteiger partial charge in [0.2, 0.25) is 5.95 Å². The van der Waals surface area contributed by atoms with Crippen LogP contribution < -0.4 is 19.9 Å². The first-order valence-electron chi connectivity index (χ1n) is 10.6. The standard InChI is InChI=1S/C22H29N5O4/c1-15-13-30-10-8-26(15)20-12-19(23-21(28)17-6-4-5-7-18(17)29-3)24-22(25-20)27-9-11-31-14-16(27)2/h4-7,12,15-16H,8-11,13-14H2,1-3H3,(H,23,24,25,28). The zero-order valence-corrected chi connectivity index (χ0v) is 18.2. The van der Waals surface area contributed by atoms with E-state index in [2.05, 4.69) is 33.9 Å². The highest BCUT2D eigenvalue weighted by atomic mass is 16.5. The molecule has 2 fully saturated rings. The fraction of sp³-hybridized carbons (Fsp3) is 0.500. The first-order valence-corrected chi connectivity index (χ1v) is 10.6. The van der Waals surface area contributed by atoms with Gasteiger partial charge in [0, 0.05) is 19.2 Å². The van der Waals surface area contributed by atoms with Crippen molar-refractivity contribution >= 4 is 23.5 Å². The van der Waals surface area contributed by atoms with Crippen molar-refractivity contribution in [3.8, 4) is 5.75 Å². The van der Waals surface area contributed by atoms with Crippen LogP contribution in [0.2, 0.25) is 0 Å². The molecule has 2 unspecified atom stereocenters. The molecule has 2 aliphatic heterocycles. The van der Waals surface area contributed by atoms with Gasteiger partial charge in [-0.15, -0.1) is 0 Å². The highest BCUT2D eigenvalue weighted by molar-refractivity contribution is 6.05. The molecule has 166 valence electrons. The molecule has 9 nitrogen and oxygen atoms in total. The Kier molecular flexibility index (Phi) is 6.53. The molecule has 2 aliphatic rings. The summed E-state index contributed by atoms with van der Waals surface area (Å²) >= 11 is 0. The Balaban J connectivity index is 1.68. The number of ether oxygens (including phenoxy) is 3. The minimum atomic E-state index is -0.280. The fourth-order valence-corrected chi connectivity index (χ4v) is 3.87. The lowest BCUT2D eigenvalue weighted by atomic mass is 10.2. The van der Waals surface area contributed by atoms with Gasteiger partial charge in [-0.05, 0) is 26.0 Å². The normalized spacial score (nSPS) is 21.6. The van der Waals surface area contributed by atoms with Gasteiger partial charge in [-0.2, -0.15) is 9.97 Å². The predicted octanol–water partition coefficient (Wildman–Crippen LogP) is 2.19. The van der Waals surface area contributed by atoms with Crippen molar-refractivity contribution in [3.05, 3.63) is 35.9 Å². The van der Waals surface area contributed by atoms with Crippen LogP contribution in [-0.2, 0) is 9.47 Å². The van der Waals surface area contributed by atoms with E-state index in [-0.39, 0.29) is 18.0 Å². The number of nitrogens with one attached hydrogen (secondary N) is 1. The number of para-hydroxylation sites is 1. The summed E-state index contributed by atoms with van der Waals surface area (Å²) in [5.41, 5.74) is 0.450. The number of methoxy groups -OCH3 is 1. The molecule has 1 aromatic heterocycles. The topological polar surface area (TPSA) is 89.0 Å². The zero-order valence-electron chi connectivity index (χ0n) is 18.2. The van der Waals surface area contributed by atoms with E-state index in [9.17, 15) is 4.79 Å². The van der Waals surface area contributed by atoms with Crippen molar-refractivity contribution < 1.29 is 19.0 Å². The van der Waals surface area contributed by atoms with Crippen molar-refractivity contribution in [2.75, 3.05) is 61.7 Å². The number of aromatic nitrogens is 2. The van der Waals surface area contributed by atoms with Crippen molar-refractivity contribution in [3.63, 3.8) is 0 Å². The van der Waals surface area contributed by atoms with Crippen LogP contribution in [0, 0.1) is 0 Å². The van der Waals surface area contributed by atoms with Crippen LogP contribution in [0.25, 0.3) is 0 Å². The number of carbonyl (C=O) groups excluding carboxylic acids is 1. The SMILES string of the molecule is COc1ccccc1C(=O)Nc1cc(N2CCOCC2C)nc(N2CCOCC2C)n1. The molecule has 0 radical (unpaired) electrons. The Morgan fingerprint density at radius 3 is 2.42 bits per heavy atom. The largest absolute Gasteiger partial charge is 0.496 e. The first kappa shape index (κ1) is 21.3. The summed E-state index contributed by atoms with van der Waals surface area (Å²) in [4.78, 5) is 26.8. The molecular formula is C22H29N5O4. The van der Waals surface area contributed by atoms with E-state index >= 15 is 0 Å². The van der Waals surface area contributed by atoms with Crippen LogP contribution in [-0.4, -0.2) is 74.6 Å². The lowest BCUT2D eigenvalue weighted by Crippen LogP contribution is -2.46. The Morgan fingerprint density at radius 2 is 1.74 bits per heavy atom. The van der Waals surface area contributed by atoms with E-state index in [4.69, 9.17) is 19.2 Å². The van der Waals surface area contributed by atoms with Crippen molar-refractivity contribution in [1.82, 2.24) is 9.97 Å². The molecule has 2 aromatic rings. The van der Waals surface area contributed by atoms with Crippen LogP contribution in [0.4, 0.5) is 17.6 Å². The first-order chi connectivity index (χ1) is 15.1. The summed E-state index contributed by atoms with van der Waals surface area (Å²) in [5.74, 6) is 2.04. The zero-order chi connectivity index (χ0) is 21.8. The van der Waals surface area contributed by atoms with E-state index in [0.29, 0.717) is 56.1 Å². The third-order valence-electron chi connectivity index (χ3n) is 5.58. The maximum absolute atomic E-state index is 13.0. The van der Waals surface area contributed by atoms with E-state index in [1.54, 1.807) is 25.3 Å². The summed E-state index contributed by atoms with van der Waals surface area (Å²) < 4.78 is 16.5. The highest BCUT2D eigenvalue weighted by Crippen LogP contribution is 2.26. The fourth-order valence-electron chi connectivity index (χ4n) is 3.87. The van der Waals surface area contributed by atoms with Gasteiger partial charge < -0.3 is 29.3 Å². The summed E-state index contributed by atoms with van der Waals surface area (Å²) in [6.07, 6.45) is 0. The second-order valence-electron chi connectivity index (χ2n) is 7.80. The third-order valence-corrected chi connectivity index (χ3v) is 5.58. The summed E-state index contributed by atoms with van der Waals surface area (Å²) in [6, 6.07) is 9.26. The van der Waals surface area contributed by atoms with E-state index in [1.807, 2.05) is 12.1 Å². The summed E-state index contributed by atoms with van der Waals surface area (Å²) in [6.45, 7) is 8.13. The average Bonchev–Trinajstić information content (AvgIpc) is 2.79. The molecular weight excluding hydrogens is 398 g/mol. The molecule has 9 heteroatoms. The van der Waals surface area contributed by atoms with Gasteiger partial charge in [0.05, 0.1) is 51.2 Å². The number of anilines is 3. The van der Waals surface area contributed by atoms with Crippen LogP contribution in [0.15, 0.2) is 30.3 Å². The number of benzene rings is 1. The number of amides is 1. The maximum Gasteiger partial charge on any atom is 0.260 e. The molecule has 0 aliphatic carbocycles. The monoisotopic (exact) mass is 427 g/mol. The van der Waals surface area contributed by atoms with Gasteiger partial charge in [0.1, 0.15) is 17.4 Å². The molecule has 1 aromatic carbocycles. The smallest absolute Gasteiger partial charge is 0.260 e. The second-order valence-corrected chi connectivity index (χ2v) is 7.80. The minimum Gasteiger partial charge on any atom is -0.496 e. The average molecular weight is 428 g/mol. The molecule has 2 atom stereocenters. The molecule has 3 heterocycles. The van der Waals surface area contributed by atoms with Crippen molar-refractivity contribution in [2.45, 2.75) is 25.9 Å². The van der Waals surface area contributed by atoms with Gasteiger partial charge in [0.15, 0.2) is 0 Å². The maximum atomic E-state index is 13.0. The van der Waals surface area contributed by atoms with E-state index in [0.717, 1.165) is 12.4 Å². The molecule has 4 rings (SSSR count). The van der Waals surface area contributed by atoms with Crippen molar-refractivity contribution in [1.29, 1.82) is 0 Å². The van der Waals surface area contributed by atoms with Crippen molar-refractivity contribution in [2.24, 2.45) is 0 Å². The van der Waals surface area contributed by atoms with Gasteiger partial charge >= 0.3 is 0 Å². The number of hydrogen-bond donors (Lipinski definition) is 1. The van der Waals surface area contributed by atoms with Gasteiger partial charge in [-0.3, -0.25) is 4.79 Å². The number of rotatable bonds is 5. The Bertz CT molecular complexity index is 884. The number of carbonyl (C=O) groups is 1. The van der Waals surface area contributed by atoms with Gasteiger partial charge in [0.25, 0.3) is 5.91 Å². The van der Waals surface area contributed by atoms with E-state index in [1.165, 1.54) is 0 Å². The Labute approximate surface area is 182 Å². The molecule has 2 saturated heterocycles. The Hall–Kier alpha value is -2.91. The predicted molar refractivity (Wildman–Crippen MR) is 118 cm³/mol. The Morgan fingerprint density at radius 1 is 1.06 bits per heavy atom. The molecule has 1 amide bonds. The number of morpholine rings is 2. The van der Waals surface area contributed by atoms with Crippen LogP contribution in [0.3, 0.4) is 0 Å². The number of hydrogen-bond acceptors (Lipinski definition) is 8. The molecule has 1 N–H and O–H groups in total. The highest BCUT2D eigenvalue weighted by Gasteiger charge is 2.26. The molecule has 0 saturated carbocycles. The van der Waals surface area contributed by atoms with Crippen LogP contribution in [0.5, 0.6) is 5.75 Å². The molecule has 31 heavy (non-hydrogen) atoms. The number of nitrogens with zero attached hydrogens (tertiary/aromatic N) is 4. The van der Waals surface area contributed by atoms with Gasteiger partial charge in [-0.1, -0.05) is 12.1 Å². The second kappa shape index (κ2) is 9.49. The summed E-state index contributed by atoms with van der Waals surface area (Å²) in [7, 11) is 1.55. The molecule has 0 spiro atoms. The summed E-state index contributed by atoms with van der Waals surface area (Å²) in [5, 5.41) is 2.94. The van der Waals surface area contributed by atoms with E-state index < -0.39 is 0 Å².